The maximum Gasteiger partial charge on any atom is 0.0694 e. The Bertz CT molecular complexity index is 239. The summed E-state index contributed by atoms with van der Waals surface area (Å²) in [5.41, 5.74) is 1.02. The molecule has 0 bridgehead atoms. The van der Waals surface area contributed by atoms with E-state index in [1.165, 1.54) is 5.56 Å². The Morgan fingerprint density at radius 3 is 2.54 bits per heavy atom. The maximum absolute atomic E-state index is 9.48. The second-order valence-electron chi connectivity index (χ2n) is 3.45. The second kappa shape index (κ2) is 4.22. The number of likely N-dealkylation sites (N-methyl/N-ethyl adjacent to an activating group) is 1. The van der Waals surface area contributed by atoms with Crippen LogP contribution >= 0.6 is 11.3 Å². The van der Waals surface area contributed by atoms with Crippen LogP contribution in [0.4, 0.5) is 0 Å². The van der Waals surface area contributed by atoms with E-state index in [-0.39, 0.29) is 12.1 Å². The van der Waals surface area contributed by atoms with Gasteiger partial charge < -0.3 is 5.11 Å². The molecule has 1 atom stereocenters. The minimum atomic E-state index is -0.194. The zero-order chi connectivity index (χ0) is 9.90. The van der Waals surface area contributed by atoms with E-state index in [0.29, 0.717) is 0 Å². The second-order valence-corrected chi connectivity index (χ2v) is 4.23. The molecular weight excluding hydrogens is 182 g/mol. The molecule has 1 N–H and O–H groups in total. The molecule has 1 rings (SSSR count). The van der Waals surface area contributed by atoms with Crippen molar-refractivity contribution in [3.05, 3.63) is 22.4 Å². The summed E-state index contributed by atoms with van der Waals surface area (Å²) in [6.45, 7) is 2.28. The Hall–Kier alpha value is -0.380. The van der Waals surface area contributed by atoms with E-state index in [2.05, 4.69) is 28.7 Å². The van der Waals surface area contributed by atoms with Gasteiger partial charge in [-0.1, -0.05) is 6.92 Å². The summed E-state index contributed by atoms with van der Waals surface area (Å²) in [5, 5.41) is 13.6. The number of hydrogen-bond acceptors (Lipinski definition) is 3. The molecule has 0 aliphatic carbocycles. The van der Waals surface area contributed by atoms with Gasteiger partial charge in [-0.05, 0) is 42.9 Å². The van der Waals surface area contributed by atoms with Crippen LogP contribution in [0.2, 0.25) is 0 Å². The van der Waals surface area contributed by atoms with E-state index in [9.17, 15) is 5.11 Å². The van der Waals surface area contributed by atoms with Gasteiger partial charge in [-0.3, -0.25) is 4.90 Å². The van der Waals surface area contributed by atoms with Gasteiger partial charge in [-0.25, -0.2) is 0 Å². The van der Waals surface area contributed by atoms with E-state index in [4.69, 9.17) is 0 Å². The summed E-state index contributed by atoms with van der Waals surface area (Å²) < 4.78 is 0. The van der Waals surface area contributed by atoms with Crippen molar-refractivity contribution >= 4 is 11.3 Å². The number of rotatable bonds is 4. The molecule has 2 nitrogen and oxygen atoms in total. The van der Waals surface area contributed by atoms with E-state index in [1.807, 2.05) is 14.1 Å². The summed E-state index contributed by atoms with van der Waals surface area (Å²) in [5.74, 6) is 0. The fourth-order valence-electron chi connectivity index (χ4n) is 1.65. The Morgan fingerprint density at radius 1 is 1.54 bits per heavy atom. The molecule has 3 heteroatoms. The molecule has 1 aromatic rings. The van der Waals surface area contributed by atoms with Crippen LogP contribution in [0.5, 0.6) is 0 Å². The first kappa shape index (κ1) is 10.7. The van der Waals surface area contributed by atoms with Crippen LogP contribution in [0.15, 0.2) is 16.8 Å². The van der Waals surface area contributed by atoms with E-state index in [1.54, 1.807) is 11.3 Å². The Balaban J connectivity index is 3.03. The first-order valence-corrected chi connectivity index (χ1v) is 5.42. The fraction of sp³-hybridized carbons (Fsp3) is 0.600. The molecular formula is C10H17NOS. The normalized spacial score (nSPS) is 16.1. The smallest absolute Gasteiger partial charge is 0.0694 e. The highest BCUT2D eigenvalue weighted by Crippen LogP contribution is 2.30. The molecule has 0 saturated carbocycles. The predicted molar refractivity (Wildman–Crippen MR) is 57.1 cm³/mol. The maximum atomic E-state index is 9.48. The molecule has 0 spiro atoms. The van der Waals surface area contributed by atoms with Crippen molar-refractivity contribution in [3.8, 4) is 0 Å². The average molecular weight is 199 g/mol. The molecule has 1 heterocycles. The van der Waals surface area contributed by atoms with Gasteiger partial charge in [0.2, 0.25) is 0 Å². The quantitative estimate of drug-likeness (QED) is 0.800. The van der Waals surface area contributed by atoms with Crippen LogP contribution in [-0.4, -0.2) is 30.7 Å². The Labute approximate surface area is 83.8 Å². The highest BCUT2D eigenvalue weighted by atomic mass is 32.1. The van der Waals surface area contributed by atoms with Crippen molar-refractivity contribution in [1.29, 1.82) is 0 Å². The predicted octanol–water partition coefficient (Wildman–Crippen LogP) is 1.91. The van der Waals surface area contributed by atoms with Gasteiger partial charge in [0, 0.05) is 0 Å². The zero-order valence-electron chi connectivity index (χ0n) is 8.45. The molecule has 0 saturated heterocycles. The first-order chi connectivity index (χ1) is 6.17. The summed E-state index contributed by atoms with van der Waals surface area (Å²) >= 11 is 1.68. The van der Waals surface area contributed by atoms with Crippen LogP contribution in [-0.2, 0) is 5.54 Å². The van der Waals surface area contributed by atoms with Crippen molar-refractivity contribution in [2.75, 3.05) is 20.7 Å². The van der Waals surface area contributed by atoms with E-state index in [0.717, 1.165) is 6.42 Å². The Morgan fingerprint density at radius 2 is 2.23 bits per heavy atom. The van der Waals surface area contributed by atoms with Crippen molar-refractivity contribution in [1.82, 2.24) is 4.90 Å². The van der Waals surface area contributed by atoms with Crippen molar-refractivity contribution in [2.45, 2.75) is 18.9 Å². The summed E-state index contributed by atoms with van der Waals surface area (Å²) in [4.78, 5) is 2.09. The Kier molecular flexibility index (Phi) is 3.47. The van der Waals surface area contributed by atoms with E-state index >= 15 is 0 Å². The lowest BCUT2D eigenvalue weighted by Gasteiger charge is -2.37. The minimum absolute atomic E-state index is 0.174. The van der Waals surface area contributed by atoms with Gasteiger partial charge in [-0.15, -0.1) is 0 Å². The lowest BCUT2D eigenvalue weighted by molar-refractivity contribution is 0.0626. The van der Waals surface area contributed by atoms with Crippen LogP contribution in [0.3, 0.4) is 0 Å². The van der Waals surface area contributed by atoms with Crippen molar-refractivity contribution < 1.29 is 5.11 Å². The molecule has 0 amide bonds. The zero-order valence-corrected chi connectivity index (χ0v) is 9.27. The fourth-order valence-corrected chi connectivity index (χ4v) is 2.40. The highest BCUT2D eigenvalue weighted by Gasteiger charge is 2.32. The van der Waals surface area contributed by atoms with Gasteiger partial charge in [0.15, 0.2) is 0 Å². The molecule has 0 aliphatic rings. The molecule has 13 heavy (non-hydrogen) atoms. The topological polar surface area (TPSA) is 23.5 Å². The monoisotopic (exact) mass is 199 g/mol. The highest BCUT2D eigenvalue weighted by molar-refractivity contribution is 7.08. The van der Waals surface area contributed by atoms with Gasteiger partial charge in [0.1, 0.15) is 0 Å². The molecule has 74 valence electrons. The lowest BCUT2D eigenvalue weighted by atomic mass is 9.89. The van der Waals surface area contributed by atoms with Crippen LogP contribution < -0.4 is 0 Å². The number of aliphatic hydroxyl groups excluding tert-OH is 1. The third-order valence-corrected chi connectivity index (χ3v) is 3.44. The number of aliphatic hydroxyl groups is 1. The number of hydrogen-bond donors (Lipinski definition) is 1. The molecule has 1 unspecified atom stereocenters. The van der Waals surface area contributed by atoms with Gasteiger partial charge in [-0.2, -0.15) is 11.3 Å². The van der Waals surface area contributed by atoms with Crippen LogP contribution in [0.1, 0.15) is 18.9 Å². The van der Waals surface area contributed by atoms with Gasteiger partial charge in [0.05, 0.1) is 12.1 Å². The molecule has 1 aromatic heterocycles. The average Bonchev–Trinajstić information content (AvgIpc) is 2.60. The molecule has 0 aliphatic heterocycles. The third-order valence-electron chi connectivity index (χ3n) is 2.76. The minimum Gasteiger partial charge on any atom is -0.394 e. The summed E-state index contributed by atoms with van der Waals surface area (Å²) in [6.07, 6.45) is 0.924. The standard InChI is InChI=1S/C10H17NOS/c1-4-10(8-12,11(2)3)9-5-6-13-7-9/h5-7,12H,4,8H2,1-3H3. The van der Waals surface area contributed by atoms with Gasteiger partial charge in [0.25, 0.3) is 0 Å². The molecule has 0 fully saturated rings. The van der Waals surface area contributed by atoms with Crippen molar-refractivity contribution in [2.24, 2.45) is 0 Å². The third kappa shape index (κ3) is 1.77. The summed E-state index contributed by atoms with van der Waals surface area (Å²) in [6, 6.07) is 2.09. The lowest BCUT2D eigenvalue weighted by Crippen LogP contribution is -2.43. The van der Waals surface area contributed by atoms with Crippen LogP contribution in [0.25, 0.3) is 0 Å². The number of thiophene rings is 1. The van der Waals surface area contributed by atoms with Crippen LogP contribution in [0, 0.1) is 0 Å². The van der Waals surface area contributed by atoms with Gasteiger partial charge >= 0.3 is 0 Å². The molecule has 0 radical (unpaired) electrons. The summed E-state index contributed by atoms with van der Waals surface area (Å²) in [7, 11) is 4.02. The SMILES string of the molecule is CCC(CO)(c1ccsc1)N(C)C. The largest absolute Gasteiger partial charge is 0.394 e. The molecule has 0 aromatic carbocycles. The van der Waals surface area contributed by atoms with Crippen molar-refractivity contribution in [3.63, 3.8) is 0 Å². The number of nitrogens with zero attached hydrogens (tertiary/aromatic N) is 1. The van der Waals surface area contributed by atoms with E-state index < -0.39 is 0 Å². The first-order valence-electron chi connectivity index (χ1n) is 4.48.